The minimum atomic E-state index is -0.723. The number of nitrogens with one attached hydrogen (secondary N) is 1. The Bertz CT molecular complexity index is 488. The third kappa shape index (κ3) is 4.22. The molecule has 0 aliphatic carbocycles. The molecule has 7 nitrogen and oxygen atoms in total. The Morgan fingerprint density at radius 3 is 2.68 bits per heavy atom. The second-order valence-corrected chi connectivity index (χ2v) is 4.68. The van der Waals surface area contributed by atoms with Crippen LogP contribution in [0.3, 0.4) is 0 Å². The molecule has 1 amide bonds. The molecule has 0 saturated heterocycles. The second-order valence-electron chi connectivity index (χ2n) is 4.68. The van der Waals surface area contributed by atoms with Gasteiger partial charge >= 0.3 is 0 Å². The van der Waals surface area contributed by atoms with E-state index < -0.39 is 16.9 Å². The number of anilines is 1. The number of rotatable bonds is 5. The molecule has 1 aromatic rings. The summed E-state index contributed by atoms with van der Waals surface area (Å²) in [5, 5.41) is 22.6. The normalized spacial score (nSPS) is 12.2. The van der Waals surface area contributed by atoms with Crippen molar-refractivity contribution in [2.45, 2.75) is 26.3 Å². The lowest BCUT2D eigenvalue weighted by molar-refractivity contribution is -0.384. The molecule has 0 bridgehead atoms. The summed E-state index contributed by atoms with van der Waals surface area (Å²) in [4.78, 5) is 21.8. The van der Waals surface area contributed by atoms with Gasteiger partial charge in [-0.3, -0.25) is 14.9 Å². The SMILES string of the molecule is CC(C)CC(N)C(=O)Nc1cc([N+](=O)[O-])ccc1O. The Morgan fingerprint density at radius 1 is 1.53 bits per heavy atom. The standard InChI is InChI=1S/C12H17N3O4/c1-7(2)5-9(13)12(17)14-10-6-8(15(18)19)3-4-11(10)16/h3-4,6-7,9,16H,5,13H2,1-2H3,(H,14,17). The van der Waals surface area contributed by atoms with Crippen LogP contribution in [0, 0.1) is 16.0 Å². The van der Waals surface area contributed by atoms with E-state index in [1.807, 2.05) is 13.8 Å². The van der Waals surface area contributed by atoms with Crippen molar-refractivity contribution in [3.63, 3.8) is 0 Å². The second kappa shape index (κ2) is 6.14. The average molecular weight is 267 g/mol. The Kier molecular flexibility index (Phi) is 4.82. The maximum atomic E-state index is 11.8. The fourth-order valence-corrected chi connectivity index (χ4v) is 1.58. The number of nitro groups is 1. The summed E-state index contributed by atoms with van der Waals surface area (Å²) in [5.41, 5.74) is 5.45. The topological polar surface area (TPSA) is 118 Å². The number of hydrogen-bond donors (Lipinski definition) is 3. The molecule has 0 fully saturated rings. The Labute approximate surface area is 110 Å². The lowest BCUT2D eigenvalue weighted by Crippen LogP contribution is -2.36. The van der Waals surface area contributed by atoms with Crippen molar-refractivity contribution in [1.29, 1.82) is 0 Å². The van der Waals surface area contributed by atoms with Crippen LogP contribution in [0.2, 0.25) is 0 Å². The number of hydrogen-bond acceptors (Lipinski definition) is 5. The summed E-state index contributed by atoms with van der Waals surface area (Å²) in [6.45, 7) is 3.86. The molecule has 1 rings (SSSR count). The first-order valence-corrected chi connectivity index (χ1v) is 5.85. The number of non-ortho nitro benzene ring substituents is 1. The fourth-order valence-electron chi connectivity index (χ4n) is 1.58. The zero-order valence-corrected chi connectivity index (χ0v) is 10.8. The average Bonchev–Trinajstić information content (AvgIpc) is 2.30. The van der Waals surface area contributed by atoms with Crippen molar-refractivity contribution in [1.82, 2.24) is 0 Å². The fraction of sp³-hybridized carbons (Fsp3) is 0.417. The maximum Gasteiger partial charge on any atom is 0.271 e. The van der Waals surface area contributed by atoms with Gasteiger partial charge in [0, 0.05) is 12.1 Å². The minimum absolute atomic E-state index is 0.0154. The number of amides is 1. The molecule has 7 heteroatoms. The number of carbonyl (C=O) groups excluding carboxylic acids is 1. The van der Waals surface area contributed by atoms with Crippen LogP contribution in [0.1, 0.15) is 20.3 Å². The van der Waals surface area contributed by atoms with Gasteiger partial charge in [0.25, 0.3) is 5.69 Å². The number of benzene rings is 1. The molecule has 0 saturated carbocycles. The maximum absolute atomic E-state index is 11.8. The number of phenolic OH excluding ortho intramolecular Hbond substituents is 1. The van der Waals surface area contributed by atoms with Crippen molar-refractivity contribution in [3.05, 3.63) is 28.3 Å². The van der Waals surface area contributed by atoms with Crippen LogP contribution in [0.15, 0.2) is 18.2 Å². The lowest BCUT2D eigenvalue weighted by atomic mass is 10.0. The molecular formula is C12H17N3O4. The van der Waals surface area contributed by atoms with Gasteiger partial charge in [-0.15, -0.1) is 0 Å². The van der Waals surface area contributed by atoms with Crippen LogP contribution in [-0.4, -0.2) is 22.0 Å². The molecule has 0 spiro atoms. The number of nitrogens with two attached hydrogens (primary N) is 1. The number of phenols is 1. The molecular weight excluding hydrogens is 250 g/mol. The summed E-state index contributed by atoms with van der Waals surface area (Å²) in [5.74, 6) is -0.473. The van der Waals surface area contributed by atoms with Gasteiger partial charge in [0.1, 0.15) is 5.75 Å². The van der Waals surface area contributed by atoms with E-state index in [-0.39, 0.29) is 23.0 Å². The quantitative estimate of drug-likeness (QED) is 0.425. The van der Waals surface area contributed by atoms with E-state index in [0.29, 0.717) is 6.42 Å². The van der Waals surface area contributed by atoms with E-state index in [0.717, 1.165) is 18.2 Å². The first kappa shape index (κ1) is 14.9. The van der Waals surface area contributed by atoms with E-state index >= 15 is 0 Å². The van der Waals surface area contributed by atoms with Crippen molar-refractivity contribution < 1.29 is 14.8 Å². The van der Waals surface area contributed by atoms with Gasteiger partial charge in [-0.1, -0.05) is 13.8 Å². The molecule has 0 aliphatic rings. The third-order valence-corrected chi connectivity index (χ3v) is 2.51. The molecule has 0 radical (unpaired) electrons. The molecule has 1 unspecified atom stereocenters. The Balaban J connectivity index is 2.84. The summed E-state index contributed by atoms with van der Waals surface area (Å²) < 4.78 is 0. The molecule has 1 aromatic carbocycles. The highest BCUT2D eigenvalue weighted by molar-refractivity contribution is 5.96. The molecule has 0 aliphatic heterocycles. The molecule has 4 N–H and O–H groups in total. The summed E-state index contributed by atoms with van der Waals surface area (Å²) in [6, 6.07) is 2.68. The van der Waals surface area contributed by atoms with Crippen molar-refractivity contribution in [2.75, 3.05) is 5.32 Å². The van der Waals surface area contributed by atoms with Crippen molar-refractivity contribution in [3.8, 4) is 5.75 Å². The van der Waals surface area contributed by atoms with Crippen LogP contribution in [0.25, 0.3) is 0 Å². The van der Waals surface area contributed by atoms with Crippen molar-refractivity contribution in [2.24, 2.45) is 11.7 Å². The van der Waals surface area contributed by atoms with Gasteiger partial charge < -0.3 is 16.2 Å². The van der Waals surface area contributed by atoms with E-state index in [2.05, 4.69) is 5.32 Å². The largest absolute Gasteiger partial charge is 0.506 e. The van der Waals surface area contributed by atoms with Gasteiger partial charge in [0.15, 0.2) is 0 Å². The highest BCUT2D eigenvalue weighted by Crippen LogP contribution is 2.27. The van der Waals surface area contributed by atoms with Gasteiger partial charge in [-0.25, -0.2) is 0 Å². The Morgan fingerprint density at radius 2 is 2.16 bits per heavy atom. The lowest BCUT2D eigenvalue weighted by Gasteiger charge is -2.14. The highest BCUT2D eigenvalue weighted by atomic mass is 16.6. The number of nitro benzene ring substituents is 1. The number of carbonyl (C=O) groups is 1. The summed E-state index contributed by atoms with van der Waals surface area (Å²) >= 11 is 0. The van der Waals surface area contributed by atoms with Crippen LogP contribution in [0.5, 0.6) is 5.75 Å². The zero-order chi connectivity index (χ0) is 14.6. The molecule has 0 heterocycles. The smallest absolute Gasteiger partial charge is 0.271 e. The minimum Gasteiger partial charge on any atom is -0.506 e. The van der Waals surface area contributed by atoms with Crippen LogP contribution in [0.4, 0.5) is 11.4 Å². The van der Waals surface area contributed by atoms with E-state index in [4.69, 9.17) is 5.73 Å². The number of nitrogens with zero attached hydrogens (tertiary/aromatic N) is 1. The van der Waals surface area contributed by atoms with Crippen LogP contribution in [-0.2, 0) is 4.79 Å². The first-order valence-electron chi connectivity index (χ1n) is 5.85. The van der Waals surface area contributed by atoms with Crippen LogP contribution >= 0.6 is 0 Å². The summed E-state index contributed by atoms with van der Waals surface area (Å²) in [6.07, 6.45) is 0.488. The number of aromatic hydroxyl groups is 1. The van der Waals surface area contributed by atoms with Gasteiger partial charge in [-0.05, 0) is 18.4 Å². The van der Waals surface area contributed by atoms with Gasteiger partial charge in [0.05, 0.1) is 16.7 Å². The van der Waals surface area contributed by atoms with E-state index in [1.165, 1.54) is 0 Å². The molecule has 0 aromatic heterocycles. The van der Waals surface area contributed by atoms with Crippen molar-refractivity contribution >= 4 is 17.3 Å². The van der Waals surface area contributed by atoms with Crippen LogP contribution < -0.4 is 11.1 Å². The van der Waals surface area contributed by atoms with E-state index in [9.17, 15) is 20.0 Å². The zero-order valence-electron chi connectivity index (χ0n) is 10.8. The van der Waals surface area contributed by atoms with Gasteiger partial charge in [-0.2, -0.15) is 0 Å². The predicted octanol–water partition coefficient (Wildman–Crippen LogP) is 1.61. The molecule has 19 heavy (non-hydrogen) atoms. The summed E-state index contributed by atoms with van der Waals surface area (Å²) in [7, 11) is 0. The van der Waals surface area contributed by atoms with Gasteiger partial charge in [0.2, 0.25) is 5.91 Å². The third-order valence-electron chi connectivity index (χ3n) is 2.51. The Hall–Kier alpha value is -2.15. The molecule has 104 valence electrons. The highest BCUT2D eigenvalue weighted by Gasteiger charge is 2.18. The van der Waals surface area contributed by atoms with E-state index in [1.54, 1.807) is 0 Å². The molecule has 1 atom stereocenters. The monoisotopic (exact) mass is 267 g/mol. The first-order chi connectivity index (χ1) is 8.81. The predicted molar refractivity (Wildman–Crippen MR) is 70.8 cm³/mol.